The first-order valence-electron chi connectivity index (χ1n) is 4.23. The molecule has 1 heterocycles. The molecule has 0 aliphatic carbocycles. The lowest BCUT2D eigenvalue weighted by Gasteiger charge is -2.05. The van der Waals surface area contributed by atoms with Gasteiger partial charge in [0.1, 0.15) is 5.51 Å². The molecule has 9 heteroatoms. The average molecular weight is 355 g/mol. The summed E-state index contributed by atoms with van der Waals surface area (Å²) in [6.07, 6.45) is 0. The summed E-state index contributed by atoms with van der Waals surface area (Å²) in [5, 5.41) is 7.81. The molecular formula is C8H5BrClN3O2S2. The van der Waals surface area contributed by atoms with Crippen molar-refractivity contribution in [1.29, 1.82) is 0 Å². The highest BCUT2D eigenvalue weighted by molar-refractivity contribution is 9.10. The number of sulfonamides is 1. The van der Waals surface area contributed by atoms with E-state index in [1.54, 1.807) is 0 Å². The SMILES string of the molecule is O=S(=O)(Nc1nncs1)c1ccc(Cl)c(Br)c1. The summed E-state index contributed by atoms with van der Waals surface area (Å²) in [7, 11) is -3.65. The minimum atomic E-state index is -3.65. The lowest BCUT2D eigenvalue weighted by molar-refractivity contribution is 0.601. The lowest BCUT2D eigenvalue weighted by atomic mass is 10.4. The maximum absolute atomic E-state index is 11.9. The highest BCUT2D eigenvalue weighted by Crippen LogP contribution is 2.26. The number of halogens is 2. The van der Waals surface area contributed by atoms with Crippen LogP contribution < -0.4 is 4.72 Å². The Hall–Kier alpha value is -0.700. The number of nitrogens with zero attached hydrogens (tertiary/aromatic N) is 2. The van der Waals surface area contributed by atoms with Crippen LogP contribution in [0.1, 0.15) is 0 Å². The van der Waals surface area contributed by atoms with Crippen molar-refractivity contribution in [3.63, 3.8) is 0 Å². The summed E-state index contributed by atoms with van der Waals surface area (Å²) in [4.78, 5) is 0.101. The van der Waals surface area contributed by atoms with Gasteiger partial charge in [0, 0.05) is 4.47 Å². The molecule has 0 aliphatic heterocycles. The normalized spacial score (nSPS) is 11.4. The van der Waals surface area contributed by atoms with Crippen LogP contribution in [0.4, 0.5) is 5.13 Å². The molecule has 0 saturated heterocycles. The quantitative estimate of drug-likeness (QED) is 0.920. The Labute approximate surface area is 115 Å². The molecule has 1 aromatic heterocycles. The van der Waals surface area contributed by atoms with Crippen LogP contribution in [-0.4, -0.2) is 18.6 Å². The Balaban J connectivity index is 2.35. The average Bonchev–Trinajstić information content (AvgIpc) is 2.73. The van der Waals surface area contributed by atoms with E-state index in [4.69, 9.17) is 11.6 Å². The Bertz CT molecular complexity index is 630. The molecule has 2 rings (SSSR count). The van der Waals surface area contributed by atoms with Gasteiger partial charge in [-0.1, -0.05) is 22.9 Å². The predicted molar refractivity (Wildman–Crippen MR) is 69.9 cm³/mol. The molecule has 0 amide bonds. The van der Waals surface area contributed by atoms with Crippen LogP contribution in [0.15, 0.2) is 33.1 Å². The van der Waals surface area contributed by atoms with Crippen LogP contribution in [0.25, 0.3) is 0 Å². The van der Waals surface area contributed by atoms with Gasteiger partial charge in [-0.05, 0) is 34.1 Å². The third-order valence-electron chi connectivity index (χ3n) is 1.78. The second kappa shape index (κ2) is 4.89. The van der Waals surface area contributed by atoms with Gasteiger partial charge in [0.05, 0.1) is 9.92 Å². The molecule has 0 fully saturated rings. The van der Waals surface area contributed by atoms with E-state index in [2.05, 4.69) is 30.8 Å². The van der Waals surface area contributed by atoms with E-state index in [-0.39, 0.29) is 10.0 Å². The fraction of sp³-hybridized carbons (Fsp3) is 0. The third kappa shape index (κ3) is 2.95. The van der Waals surface area contributed by atoms with Crippen molar-refractivity contribution in [3.8, 4) is 0 Å². The largest absolute Gasteiger partial charge is 0.263 e. The molecule has 0 saturated carbocycles. The van der Waals surface area contributed by atoms with Crippen LogP contribution >= 0.6 is 38.9 Å². The second-order valence-corrected chi connectivity index (χ2v) is 6.70. The van der Waals surface area contributed by atoms with Gasteiger partial charge < -0.3 is 0 Å². The van der Waals surface area contributed by atoms with E-state index < -0.39 is 10.0 Å². The fourth-order valence-electron chi connectivity index (χ4n) is 1.04. The van der Waals surface area contributed by atoms with Crippen LogP contribution in [-0.2, 0) is 10.0 Å². The van der Waals surface area contributed by atoms with Gasteiger partial charge in [0.15, 0.2) is 0 Å². The molecule has 17 heavy (non-hydrogen) atoms. The summed E-state index contributed by atoms with van der Waals surface area (Å²) in [6, 6.07) is 4.34. The predicted octanol–water partition coefficient (Wildman–Crippen LogP) is 2.75. The number of hydrogen-bond donors (Lipinski definition) is 1. The second-order valence-electron chi connectivity index (χ2n) is 2.93. The summed E-state index contributed by atoms with van der Waals surface area (Å²) in [6.45, 7) is 0. The fourth-order valence-corrected chi connectivity index (χ4v) is 3.40. The minimum Gasteiger partial charge on any atom is -0.253 e. The molecule has 90 valence electrons. The van der Waals surface area contributed by atoms with Crippen molar-refractivity contribution < 1.29 is 8.42 Å². The highest BCUT2D eigenvalue weighted by atomic mass is 79.9. The van der Waals surface area contributed by atoms with Crippen molar-refractivity contribution in [2.75, 3.05) is 4.72 Å². The number of benzene rings is 1. The zero-order chi connectivity index (χ0) is 12.5. The van der Waals surface area contributed by atoms with E-state index in [1.807, 2.05) is 0 Å². The molecule has 1 aromatic carbocycles. The van der Waals surface area contributed by atoms with Crippen molar-refractivity contribution in [1.82, 2.24) is 10.2 Å². The molecule has 1 N–H and O–H groups in total. The van der Waals surface area contributed by atoms with E-state index in [1.165, 1.54) is 23.7 Å². The van der Waals surface area contributed by atoms with E-state index >= 15 is 0 Å². The van der Waals surface area contributed by atoms with Crippen molar-refractivity contribution in [3.05, 3.63) is 33.2 Å². The number of anilines is 1. The smallest absolute Gasteiger partial charge is 0.253 e. The molecule has 5 nitrogen and oxygen atoms in total. The zero-order valence-electron chi connectivity index (χ0n) is 8.09. The van der Waals surface area contributed by atoms with E-state index in [9.17, 15) is 8.42 Å². The Morgan fingerprint density at radius 2 is 2.18 bits per heavy atom. The number of nitrogens with one attached hydrogen (secondary N) is 1. The Kier molecular flexibility index (Phi) is 3.67. The number of rotatable bonds is 3. The number of hydrogen-bond acceptors (Lipinski definition) is 5. The molecule has 0 unspecified atom stereocenters. The lowest BCUT2D eigenvalue weighted by Crippen LogP contribution is -2.12. The Morgan fingerprint density at radius 1 is 1.41 bits per heavy atom. The third-order valence-corrected chi connectivity index (χ3v) is 5.07. The van der Waals surface area contributed by atoms with Crippen LogP contribution in [0.5, 0.6) is 0 Å². The number of aromatic nitrogens is 2. The summed E-state index contributed by atoms with van der Waals surface area (Å²) in [5.74, 6) is 0. The van der Waals surface area contributed by atoms with Crippen LogP contribution in [0.2, 0.25) is 5.02 Å². The first-order chi connectivity index (χ1) is 7.99. The van der Waals surface area contributed by atoms with Crippen LogP contribution in [0.3, 0.4) is 0 Å². The van der Waals surface area contributed by atoms with Gasteiger partial charge in [-0.2, -0.15) is 0 Å². The van der Waals surface area contributed by atoms with Crippen molar-refractivity contribution in [2.45, 2.75) is 4.90 Å². The Morgan fingerprint density at radius 3 is 2.76 bits per heavy atom. The topological polar surface area (TPSA) is 72.0 Å². The highest BCUT2D eigenvalue weighted by Gasteiger charge is 2.16. The van der Waals surface area contributed by atoms with Gasteiger partial charge >= 0.3 is 0 Å². The molecule has 0 radical (unpaired) electrons. The molecule has 0 bridgehead atoms. The maximum Gasteiger partial charge on any atom is 0.263 e. The van der Waals surface area contributed by atoms with Crippen molar-refractivity contribution >= 4 is 54.0 Å². The van der Waals surface area contributed by atoms with Gasteiger partial charge in [-0.3, -0.25) is 4.72 Å². The van der Waals surface area contributed by atoms with E-state index in [0.717, 1.165) is 11.3 Å². The molecule has 0 atom stereocenters. The van der Waals surface area contributed by atoms with Crippen molar-refractivity contribution in [2.24, 2.45) is 0 Å². The first-order valence-corrected chi connectivity index (χ1v) is 7.76. The summed E-state index contributed by atoms with van der Waals surface area (Å²) < 4.78 is 26.7. The van der Waals surface area contributed by atoms with Gasteiger partial charge in [-0.15, -0.1) is 10.2 Å². The zero-order valence-corrected chi connectivity index (χ0v) is 12.1. The first kappa shape index (κ1) is 12.7. The summed E-state index contributed by atoms with van der Waals surface area (Å²) >= 11 is 10.1. The molecule has 2 aromatic rings. The minimum absolute atomic E-state index is 0.101. The van der Waals surface area contributed by atoms with E-state index in [0.29, 0.717) is 9.50 Å². The molecule has 0 spiro atoms. The monoisotopic (exact) mass is 353 g/mol. The molecule has 0 aliphatic rings. The van der Waals surface area contributed by atoms with Gasteiger partial charge in [0.25, 0.3) is 10.0 Å². The molecular weight excluding hydrogens is 350 g/mol. The maximum atomic E-state index is 11.9. The standard InChI is InChI=1S/C8H5BrClN3O2S2/c9-6-3-5(1-2-7(6)10)17(14,15)13-8-12-11-4-16-8/h1-4H,(H,12,13). The summed E-state index contributed by atoms with van der Waals surface area (Å²) in [5.41, 5.74) is 1.44. The van der Waals surface area contributed by atoms with Crippen LogP contribution in [0, 0.1) is 0 Å². The van der Waals surface area contributed by atoms with Gasteiger partial charge in [-0.25, -0.2) is 8.42 Å². The van der Waals surface area contributed by atoms with Gasteiger partial charge in [0.2, 0.25) is 5.13 Å².